The second-order valence-electron chi connectivity index (χ2n) is 4.41. The van der Waals surface area contributed by atoms with E-state index < -0.39 is 0 Å². The Kier molecular flexibility index (Phi) is 2.44. The molecule has 1 saturated carbocycles. The number of nitrogens with zero attached hydrogens (tertiary/aromatic N) is 1. The molecule has 0 radical (unpaired) electrons. The van der Waals surface area contributed by atoms with Crippen molar-refractivity contribution in [2.24, 2.45) is 11.8 Å². The van der Waals surface area contributed by atoms with Crippen LogP contribution in [0.1, 0.15) is 26.2 Å². The Morgan fingerprint density at radius 2 is 1.93 bits per heavy atom. The highest BCUT2D eigenvalue weighted by molar-refractivity contribution is 5.94. The summed E-state index contributed by atoms with van der Waals surface area (Å²) in [6, 6.07) is -0.0908. The third-order valence-corrected chi connectivity index (χ3v) is 3.31. The molecule has 2 fully saturated rings. The molecular weight excluding hydrogens is 178 g/mol. The molecule has 1 saturated heterocycles. The Morgan fingerprint density at radius 1 is 1.36 bits per heavy atom. The summed E-state index contributed by atoms with van der Waals surface area (Å²) in [5.74, 6) is 1.69. The van der Waals surface area contributed by atoms with Crippen LogP contribution in [-0.2, 0) is 0 Å². The first-order valence-corrected chi connectivity index (χ1v) is 5.28. The standard InChI is InChI=1S/C10H17N3O/c1-7(11)12-10(14)13-5-8-3-2-4-9(8)6-13/h8-9H,2-6H2,1H3,(H2,11,12,14). The Bertz CT molecular complexity index is 252. The number of urea groups is 1. The third-order valence-electron chi connectivity index (χ3n) is 3.31. The van der Waals surface area contributed by atoms with Crippen LogP contribution in [0.25, 0.3) is 0 Å². The highest BCUT2D eigenvalue weighted by Crippen LogP contribution is 2.37. The molecule has 0 aromatic heterocycles. The monoisotopic (exact) mass is 195 g/mol. The topological polar surface area (TPSA) is 56.2 Å². The number of nitrogens with one attached hydrogen (secondary N) is 2. The summed E-state index contributed by atoms with van der Waals surface area (Å²) in [6.45, 7) is 3.38. The number of likely N-dealkylation sites (tertiary alicyclic amines) is 1. The molecule has 2 aliphatic rings. The van der Waals surface area contributed by atoms with E-state index in [2.05, 4.69) is 5.32 Å². The molecule has 2 rings (SSSR count). The fraction of sp³-hybridized carbons (Fsp3) is 0.800. The largest absolute Gasteiger partial charge is 0.324 e. The Morgan fingerprint density at radius 3 is 2.43 bits per heavy atom. The van der Waals surface area contributed by atoms with Gasteiger partial charge in [0.1, 0.15) is 0 Å². The minimum Gasteiger partial charge on any atom is -0.324 e. The first-order chi connectivity index (χ1) is 6.66. The van der Waals surface area contributed by atoms with E-state index >= 15 is 0 Å². The number of hydrogen-bond acceptors (Lipinski definition) is 2. The van der Waals surface area contributed by atoms with Gasteiger partial charge >= 0.3 is 6.03 Å². The van der Waals surface area contributed by atoms with Crippen LogP contribution in [-0.4, -0.2) is 29.9 Å². The molecule has 1 aliphatic heterocycles. The summed E-state index contributed by atoms with van der Waals surface area (Å²) in [7, 11) is 0. The van der Waals surface area contributed by atoms with Crippen molar-refractivity contribution in [1.82, 2.24) is 10.2 Å². The van der Waals surface area contributed by atoms with Crippen molar-refractivity contribution >= 4 is 11.9 Å². The second-order valence-corrected chi connectivity index (χ2v) is 4.41. The molecule has 2 unspecified atom stereocenters. The third kappa shape index (κ3) is 1.74. The highest BCUT2D eigenvalue weighted by Gasteiger charge is 2.37. The molecule has 78 valence electrons. The Balaban J connectivity index is 1.89. The zero-order chi connectivity index (χ0) is 10.1. The van der Waals surface area contributed by atoms with Gasteiger partial charge in [0.05, 0.1) is 5.84 Å². The van der Waals surface area contributed by atoms with Gasteiger partial charge in [0.25, 0.3) is 0 Å². The van der Waals surface area contributed by atoms with Gasteiger partial charge in [-0.25, -0.2) is 4.79 Å². The molecule has 14 heavy (non-hydrogen) atoms. The number of rotatable bonds is 0. The molecule has 4 heteroatoms. The summed E-state index contributed by atoms with van der Waals surface area (Å²) in [6.07, 6.45) is 3.88. The van der Waals surface area contributed by atoms with Crippen molar-refractivity contribution in [1.29, 1.82) is 5.41 Å². The van der Waals surface area contributed by atoms with E-state index in [1.54, 1.807) is 6.92 Å². The fourth-order valence-electron chi connectivity index (χ4n) is 2.64. The summed E-state index contributed by atoms with van der Waals surface area (Å²) in [4.78, 5) is 13.4. The van der Waals surface area contributed by atoms with Gasteiger partial charge in [-0.15, -0.1) is 0 Å². The van der Waals surface area contributed by atoms with Gasteiger partial charge in [0.15, 0.2) is 0 Å². The number of fused-ring (bicyclic) bond motifs is 1. The Labute approximate surface area is 84.2 Å². The summed E-state index contributed by atoms with van der Waals surface area (Å²) >= 11 is 0. The van der Waals surface area contributed by atoms with Gasteiger partial charge in [0.2, 0.25) is 0 Å². The number of hydrogen-bond donors (Lipinski definition) is 2. The van der Waals surface area contributed by atoms with E-state index in [0.29, 0.717) is 0 Å². The molecule has 2 N–H and O–H groups in total. The van der Waals surface area contributed by atoms with Crippen LogP contribution in [0.4, 0.5) is 4.79 Å². The molecule has 2 atom stereocenters. The second kappa shape index (κ2) is 3.59. The van der Waals surface area contributed by atoms with Crippen LogP contribution in [0.2, 0.25) is 0 Å². The average Bonchev–Trinajstić information content (AvgIpc) is 2.58. The van der Waals surface area contributed by atoms with Crippen LogP contribution in [0.5, 0.6) is 0 Å². The summed E-state index contributed by atoms with van der Waals surface area (Å²) < 4.78 is 0. The first-order valence-electron chi connectivity index (χ1n) is 5.28. The molecule has 1 aliphatic carbocycles. The molecule has 4 nitrogen and oxygen atoms in total. The molecule has 0 aromatic carbocycles. The molecule has 1 heterocycles. The number of carbonyl (C=O) groups is 1. The van der Waals surface area contributed by atoms with Crippen molar-refractivity contribution in [3.05, 3.63) is 0 Å². The van der Waals surface area contributed by atoms with E-state index in [1.807, 2.05) is 4.90 Å². The number of amidine groups is 1. The van der Waals surface area contributed by atoms with Gasteiger partial charge in [0, 0.05) is 13.1 Å². The number of amides is 2. The average molecular weight is 195 g/mol. The smallest absolute Gasteiger partial charge is 0.322 e. The van der Waals surface area contributed by atoms with Crippen LogP contribution in [0.3, 0.4) is 0 Å². The maximum atomic E-state index is 11.6. The highest BCUT2D eigenvalue weighted by atomic mass is 16.2. The van der Waals surface area contributed by atoms with E-state index in [1.165, 1.54) is 19.3 Å². The quantitative estimate of drug-likeness (QED) is 0.446. The zero-order valence-electron chi connectivity index (χ0n) is 8.55. The zero-order valence-corrected chi connectivity index (χ0v) is 8.55. The minimum atomic E-state index is -0.0908. The van der Waals surface area contributed by atoms with E-state index in [9.17, 15) is 4.79 Å². The molecule has 0 aromatic rings. The maximum Gasteiger partial charge on any atom is 0.322 e. The lowest BCUT2D eigenvalue weighted by molar-refractivity contribution is 0.210. The molecule has 0 bridgehead atoms. The number of carbonyl (C=O) groups excluding carboxylic acids is 1. The van der Waals surface area contributed by atoms with Crippen LogP contribution < -0.4 is 5.32 Å². The predicted octanol–water partition coefficient (Wildman–Crippen LogP) is 1.43. The SMILES string of the molecule is CC(=N)NC(=O)N1CC2CCCC2C1. The lowest BCUT2D eigenvalue weighted by atomic mass is 10.0. The van der Waals surface area contributed by atoms with Crippen molar-refractivity contribution < 1.29 is 4.79 Å². The van der Waals surface area contributed by atoms with Crippen molar-refractivity contribution in [2.45, 2.75) is 26.2 Å². The Hall–Kier alpha value is -1.06. The van der Waals surface area contributed by atoms with Gasteiger partial charge in [-0.2, -0.15) is 0 Å². The van der Waals surface area contributed by atoms with Crippen molar-refractivity contribution in [3.8, 4) is 0 Å². The normalized spacial score (nSPS) is 30.2. The van der Waals surface area contributed by atoms with Crippen molar-refractivity contribution in [3.63, 3.8) is 0 Å². The lowest BCUT2D eigenvalue weighted by Crippen LogP contribution is -2.40. The molecule has 2 amide bonds. The maximum absolute atomic E-state index is 11.6. The summed E-state index contributed by atoms with van der Waals surface area (Å²) in [5, 5.41) is 9.73. The van der Waals surface area contributed by atoms with Gasteiger partial charge in [-0.1, -0.05) is 6.42 Å². The molecule has 0 spiro atoms. The predicted molar refractivity (Wildman–Crippen MR) is 54.3 cm³/mol. The van der Waals surface area contributed by atoms with Crippen LogP contribution >= 0.6 is 0 Å². The van der Waals surface area contributed by atoms with Gasteiger partial charge in [-0.05, 0) is 31.6 Å². The first kappa shape index (κ1) is 9.49. The summed E-state index contributed by atoms with van der Waals surface area (Å²) in [5.41, 5.74) is 0. The van der Waals surface area contributed by atoms with E-state index in [0.717, 1.165) is 24.9 Å². The fourth-order valence-corrected chi connectivity index (χ4v) is 2.64. The van der Waals surface area contributed by atoms with Gasteiger partial charge in [-0.3, -0.25) is 10.7 Å². The lowest BCUT2D eigenvalue weighted by Gasteiger charge is -2.17. The minimum absolute atomic E-state index is 0.0908. The van der Waals surface area contributed by atoms with Crippen LogP contribution in [0.15, 0.2) is 0 Å². The van der Waals surface area contributed by atoms with Gasteiger partial charge < -0.3 is 4.90 Å². The molecular formula is C10H17N3O. The van der Waals surface area contributed by atoms with Crippen molar-refractivity contribution in [2.75, 3.05) is 13.1 Å². The van der Waals surface area contributed by atoms with E-state index in [4.69, 9.17) is 5.41 Å². The van der Waals surface area contributed by atoms with Crippen LogP contribution in [0, 0.1) is 17.2 Å². The van der Waals surface area contributed by atoms with E-state index in [-0.39, 0.29) is 11.9 Å².